The van der Waals surface area contributed by atoms with Crippen molar-refractivity contribution in [3.8, 4) is 0 Å². The molecule has 0 aromatic rings. The zero-order valence-corrected chi connectivity index (χ0v) is 13.1. The van der Waals surface area contributed by atoms with Crippen LogP contribution in [0.3, 0.4) is 0 Å². The molecule has 1 amide bonds. The monoisotopic (exact) mass is 283 g/mol. The standard InChI is InChI=1S/C15H29N3O2/c1-14(2)11-18(9-10-20-14)8-4-7-15(3,13(16)19)17-12-5-6-12/h12,17H,4-11H2,1-3H3,(H2,16,19). The van der Waals surface area contributed by atoms with Crippen molar-refractivity contribution >= 4 is 5.91 Å². The molecule has 2 fully saturated rings. The molecule has 1 atom stereocenters. The van der Waals surface area contributed by atoms with Gasteiger partial charge in [-0.2, -0.15) is 0 Å². The van der Waals surface area contributed by atoms with Gasteiger partial charge in [-0.05, 0) is 53.0 Å². The first-order chi connectivity index (χ1) is 9.31. The van der Waals surface area contributed by atoms with Crippen LogP contribution >= 0.6 is 0 Å². The highest BCUT2D eigenvalue weighted by Gasteiger charge is 2.36. The minimum atomic E-state index is -0.553. The Labute approximate surface area is 122 Å². The van der Waals surface area contributed by atoms with Crippen LogP contribution in [0.25, 0.3) is 0 Å². The van der Waals surface area contributed by atoms with E-state index in [4.69, 9.17) is 10.5 Å². The molecule has 116 valence electrons. The van der Waals surface area contributed by atoms with Crippen LogP contribution in [0.4, 0.5) is 0 Å². The summed E-state index contributed by atoms with van der Waals surface area (Å²) in [5, 5.41) is 3.40. The first-order valence-electron chi connectivity index (χ1n) is 7.75. The van der Waals surface area contributed by atoms with Crippen LogP contribution in [0.5, 0.6) is 0 Å². The van der Waals surface area contributed by atoms with Gasteiger partial charge in [0.1, 0.15) is 0 Å². The summed E-state index contributed by atoms with van der Waals surface area (Å²) in [6, 6.07) is 0.495. The number of nitrogens with zero attached hydrogens (tertiary/aromatic N) is 1. The number of nitrogens with one attached hydrogen (secondary N) is 1. The molecule has 1 saturated heterocycles. The van der Waals surface area contributed by atoms with Gasteiger partial charge in [0.15, 0.2) is 0 Å². The minimum Gasteiger partial charge on any atom is -0.373 e. The molecule has 1 heterocycles. The highest BCUT2D eigenvalue weighted by molar-refractivity contribution is 5.84. The van der Waals surface area contributed by atoms with Crippen molar-refractivity contribution in [2.75, 3.05) is 26.2 Å². The number of morpholine rings is 1. The molecule has 1 saturated carbocycles. The zero-order valence-electron chi connectivity index (χ0n) is 13.1. The lowest BCUT2D eigenvalue weighted by molar-refractivity contribution is -0.124. The van der Waals surface area contributed by atoms with Gasteiger partial charge in [-0.3, -0.25) is 9.69 Å². The van der Waals surface area contributed by atoms with E-state index in [-0.39, 0.29) is 11.5 Å². The number of carbonyl (C=O) groups excluding carboxylic acids is 1. The molecular weight excluding hydrogens is 254 g/mol. The molecule has 3 N–H and O–H groups in total. The van der Waals surface area contributed by atoms with Gasteiger partial charge < -0.3 is 15.8 Å². The fraction of sp³-hybridized carbons (Fsp3) is 0.933. The third-order valence-electron chi connectivity index (χ3n) is 4.30. The van der Waals surface area contributed by atoms with Crippen LogP contribution in [0.1, 0.15) is 46.5 Å². The Bertz CT molecular complexity index is 355. The number of rotatable bonds is 7. The first-order valence-corrected chi connectivity index (χ1v) is 7.75. The second kappa shape index (κ2) is 6.00. The number of amides is 1. The quantitative estimate of drug-likeness (QED) is 0.727. The van der Waals surface area contributed by atoms with Gasteiger partial charge in [-0.15, -0.1) is 0 Å². The van der Waals surface area contributed by atoms with E-state index in [1.54, 1.807) is 0 Å². The number of hydrogen-bond donors (Lipinski definition) is 2. The van der Waals surface area contributed by atoms with Gasteiger partial charge in [0, 0.05) is 19.1 Å². The number of ether oxygens (including phenoxy) is 1. The van der Waals surface area contributed by atoms with Crippen LogP contribution in [-0.2, 0) is 9.53 Å². The molecule has 20 heavy (non-hydrogen) atoms. The minimum absolute atomic E-state index is 0.0580. The summed E-state index contributed by atoms with van der Waals surface area (Å²) in [5.41, 5.74) is 4.96. The average molecular weight is 283 g/mol. The Morgan fingerprint density at radius 2 is 2.20 bits per heavy atom. The fourth-order valence-corrected chi connectivity index (χ4v) is 2.91. The molecule has 2 rings (SSSR count). The van der Waals surface area contributed by atoms with Crippen molar-refractivity contribution < 1.29 is 9.53 Å². The van der Waals surface area contributed by atoms with E-state index in [1.807, 2.05) is 6.92 Å². The predicted octanol–water partition coefficient (Wildman–Crippen LogP) is 0.873. The molecule has 0 bridgehead atoms. The Hall–Kier alpha value is -0.650. The van der Waals surface area contributed by atoms with Crippen molar-refractivity contribution in [3.05, 3.63) is 0 Å². The van der Waals surface area contributed by atoms with Crippen molar-refractivity contribution in [1.29, 1.82) is 0 Å². The van der Waals surface area contributed by atoms with Crippen LogP contribution in [0.15, 0.2) is 0 Å². The molecule has 1 aliphatic heterocycles. The molecule has 1 aliphatic carbocycles. The van der Waals surface area contributed by atoms with E-state index < -0.39 is 5.54 Å². The first kappa shape index (κ1) is 15.7. The van der Waals surface area contributed by atoms with E-state index in [2.05, 4.69) is 24.1 Å². The highest BCUT2D eigenvalue weighted by Crippen LogP contribution is 2.25. The fourth-order valence-electron chi connectivity index (χ4n) is 2.91. The van der Waals surface area contributed by atoms with Crippen molar-refractivity contribution in [2.24, 2.45) is 5.73 Å². The van der Waals surface area contributed by atoms with E-state index >= 15 is 0 Å². The Kier molecular flexibility index (Phi) is 4.72. The predicted molar refractivity (Wildman–Crippen MR) is 79.5 cm³/mol. The summed E-state index contributed by atoms with van der Waals surface area (Å²) in [4.78, 5) is 14.1. The Morgan fingerprint density at radius 1 is 1.50 bits per heavy atom. The Morgan fingerprint density at radius 3 is 2.75 bits per heavy atom. The van der Waals surface area contributed by atoms with Crippen LogP contribution in [0.2, 0.25) is 0 Å². The lowest BCUT2D eigenvalue weighted by Gasteiger charge is -2.38. The van der Waals surface area contributed by atoms with E-state index in [0.29, 0.717) is 6.04 Å². The van der Waals surface area contributed by atoms with E-state index in [9.17, 15) is 4.79 Å². The maximum Gasteiger partial charge on any atom is 0.237 e. The Balaban J connectivity index is 1.76. The second-order valence-corrected chi connectivity index (χ2v) is 7.10. The third kappa shape index (κ3) is 4.43. The number of carbonyl (C=O) groups is 1. The van der Waals surface area contributed by atoms with Gasteiger partial charge in [-0.1, -0.05) is 0 Å². The SMILES string of the molecule is CC1(C)CN(CCCC(C)(NC2CC2)C(N)=O)CCO1. The summed E-state index contributed by atoms with van der Waals surface area (Å²) in [7, 11) is 0. The summed E-state index contributed by atoms with van der Waals surface area (Å²) in [5.74, 6) is -0.230. The summed E-state index contributed by atoms with van der Waals surface area (Å²) in [6.45, 7) is 9.92. The topological polar surface area (TPSA) is 67.6 Å². The van der Waals surface area contributed by atoms with Crippen molar-refractivity contribution in [2.45, 2.75) is 63.6 Å². The molecule has 0 aromatic heterocycles. The summed E-state index contributed by atoms with van der Waals surface area (Å²) >= 11 is 0. The normalized spacial score (nSPS) is 26.1. The molecule has 5 nitrogen and oxygen atoms in total. The van der Waals surface area contributed by atoms with Gasteiger partial charge in [0.05, 0.1) is 17.7 Å². The third-order valence-corrected chi connectivity index (χ3v) is 4.30. The number of hydrogen-bond acceptors (Lipinski definition) is 4. The van der Waals surface area contributed by atoms with Crippen LogP contribution in [0, 0.1) is 0 Å². The number of primary amides is 1. The van der Waals surface area contributed by atoms with Gasteiger partial charge in [-0.25, -0.2) is 0 Å². The van der Waals surface area contributed by atoms with Gasteiger partial charge in [0.25, 0.3) is 0 Å². The molecular formula is C15H29N3O2. The van der Waals surface area contributed by atoms with E-state index in [1.165, 1.54) is 12.8 Å². The van der Waals surface area contributed by atoms with Gasteiger partial charge >= 0.3 is 0 Å². The lowest BCUT2D eigenvalue weighted by atomic mass is 9.94. The molecule has 0 aromatic carbocycles. The molecule has 0 spiro atoms. The van der Waals surface area contributed by atoms with Crippen molar-refractivity contribution in [3.63, 3.8) is 0 Å². The van der Waals surface area contributed by atoms with Gasteiger partial charge in [0.2, 0.25) is 5.91 Å². The second-order valence-electron chi connectivity index (χ2n) is 7.10. The molecule has 5 heteroatoms. The van der Waals surface area contributed by atoms with Crippen LogP contribution < -0.4 is 11.1 Å². The molecule has 2 aliphatic rings. The summed E-state index contributed by atoms with van der Waals surface area (Å²) < 4.78 is 5.71. The smallest absolute Gasteiger partial charge is 0.237 e. The van der Waals surface area contributed by atoms with Crippen molar-refractivity contribution in [1.82, 2.24) is 10.2 Å². The zero-order chi connectivity index (χ0) is 14.8. The average Bonchev–Trinajstić information content (AvgIpc) is 3.11. The largest absolute Gasteiger partial charge is 0.373 e. The maximum atomic E-state index is 11.7. The van der Waals surface area contributed by atoms with Crippen LogP contribution in [-0.4, -0.2) is 54.2 Å². The molecule has 0 radical (unpaired) electrons. The highest BCUT2D eigenvalue weighted by atomic mass is 16.5. The maximum absolute atomic E-state index is 11.7. The summed E-state index contributed by atoms with van der Waals surface area (Å²) in [6.07, 6.45) is 4.12. The van der Waals surface area contributed by atoms with E-state index in [0.717, 1.165) is 39.1 Å². The number of nitrogens with two attached hydrogens (primary N) is 1. The lowest BCUT2D eigenvalue weighted by Crippen LogP contribution is -2.54. The molecule has 1 unspecified atom stereocenters.